The molecule has 1 heterocycles. The van der Waals surface area contributed by atoms with Crippen molar-refractivity contribution in [1.82, 2.24) is 4.98 Å². The molecular formula is C8H10BrN3. The zero-order valence-corrected chi connectivity index (χ0v) is 8.59. The van der Waals surface area contributed by atoms with Crippen LogP contribution in [0.5, 0.6) is 0 Å². The van der Waals surface area contributed by atoms with E-state index in [1.165, 1.54) is 0 Å². The lowest BCUT2D eigenvalue weighted by Crippen LogP contribution is -1.94. The SMILES string of the molecule is CC(C)=NNc1cccc(Br)n1. The topological polar surface area (TPSA) is 37.3 Å². The van der Waals surface area contributed by atoms with Gasteiger partial charge in [0.25, 0.3) is 0 Å². The van der Waals surface area contributed by atoms with Crippen molar-refractivity contribution in [2.75, 3.05) is 5.43 Å². The highest BCUT2D eigenvalue weighted by Crippen LogP contribution is 2.09. The van der Waals surface area contributed by atoms with Crippen LogP contribution in [0.25, 0.3) is 0 Å². The number of hydrogen-bond donors (Lipinski definition) is 1. The van der Waals surface area contributed by atoms with E-state index < -0.39 is 0 Å². The van der Waals surface area contributed by atoms with Gasteiger partial charge in [-0.1, -0.05) is 6.07 Å². The van der Waals surface area contributed by atoms with Crippen LogP contribution in [0.2, 0.25) is 0 Å². The third kappa shape index (κ3) is 3.00. The molecule has 0 aliphatic heterocycles. The quantitative estimate of drug-likeness (QED) is 0.480. The monoisotopic (exact) mass is 227 g/mol. The molecule has 3 nitrogen and oxygen atoms in total. The minimum Gasteiger partial charge on any atom is -0.261 e. The van der Waals surface area contributed by atoms with Gasteiger partial charge in [-0.25, -0.2) is 4.98 Å². The van der Waals surface area contributed by atoms with Crippen molar-refractivity contribution in [2.45, 2.75) is 13.8 Å². The van der Waals surface area contributed by atoms with Crippen LogP contribution in [-0.2, 0) is 0 Å². The molecule has 0 aromatic carbocycles. The zero-order valence-electron chi connectivity index (χ0n) is 7.00. The molecule has 4 heteroatoms. The summed E-state index contributed by atoms with van der Waals surface area (Å²) < 4.78 is 0.802. The van der Waals surface area contributed by atoms with Crippen LogP contribution < -0.4 is 5.43 Å². The van der Waals surface area contributed by atoms with Gasteiger partial charge in [-0.15, -0.1) is 0 Å². The fraction of sp³-hybridized carbons (Fsp3) is 0.250. The molecule has 0 saturated heterocycles. The molecule has 0 fully saturated rings. The van der Waals surface area contributed by atoms with Gasteiger partial charge in [0.15, 0.2) is 0 Å². The first-order valence-electron chi connectivity index (χ1n) is 3.58. The maximum atomic E-state index is 4.14. The smallest absolute Gasteiger partial charge is 0.147 e. The predicted octanol–water partition coefficient (Wildman–Crippen LogP) is 2.65. The fourth-order valence-electron chi connectivity index (χ4n) is 0.640. The summed E-state index contributed by atoms with van der Waals surface area (Å²) >= 11 is 3.27. The van der Waals surface area contributed by atoms with Gasteiger partial charge in [-0.2, -0.15) is 5.10 Å². The Morgan fingerprint density at radius 1 is 1.50 bits per heavy atom. The third-order valence-electron chi connectivity index (χ3n) is 1.11. The number of nitrogens with one attached hydrogen (secondary N) is 1. The average Bonchev–Trinajstić information content (AvgIpc) is 2.01. The summed E-state index contributed by atoms with van der Waals surface area (Å²) in [6.45, 7) is 3.84. The molecule has 0 amide bonds. The summed E-state index contributed by atoms with van der Waals surface area (Å²) in [5.41, 5.74) is 3.80. The van der Waals surface area contributed by atoms with E-state index in [-0.39, 0.29) is 0 Å². The molecule has 0 aliphatic rings. The molecule has 0 aliphatic carbocycles. The van der Waals surface area contributed by atoms with Gasteiger partial charge in [0.05, 0.1) is 0 Å². The molecule has 0 bridgehead atoms. The van der Waals surface area contributed by atoms with Crippen molar-refractivity contribution in [3.8, 4) is 0 Å². The maximum absolute atomic E-state index is 4.14. The molecule has 0 saturated carbocycles. The lowest BCUT2D eigenvalue weighted by Gasteiger charge is -1.99. The van der Waals surface area contributed by atoms with Crippen molar-refractivity contribution in [3.05, 3.63) is 22.8 Å². The van der Waals surface area contributed by atoms with Crippen LogP contribution in [0.3, 0.4) is 0 Å². The Bertz CT molecular complexity index is 292. The molecule has 0 spiro atoms. The van der Waals surface area contributed by atoms with Gasteiger partial charge in [-0.3, -0.25) is 5.43 Å². The van der Waals surface area contributed by atoms with Crippen molar-refractivity contribution in [1.29, 1.82) is 0 Å². The van der Waals surface area contributed by atoms with E-state index in [9.17, 15) is 0 Å². The molecule has 1 rings (SSSR count). The summed E-state index contributed by atoms with van der Waals surface area (Å²) in [4.78, 5) is 4.14. The maximum Gasteiger partial charge on any atom is 0.147 e. The van der Waals surface area contributed by atoms with Crippen LogP contribution in [0.4, 0.5) is 5.82 Å². The second-order valence-corrected chi connectivity index (χ2v) is 3.33. The molecule has 12 heavy (non-hydrogen) atoms. The van der Waals surface area contributed by atoms with Crippen molar-refractivity contribution >= 4 is 27.5 Å². The highest BCUT2D eigenvalue weighted by atomic mass is 79.9. The molecule has 1 N–H and O–H groups in total. The number of rotatable bonds is 2. The van der Waals surface area contributed by atoms with Gasteiger partial charge in [-0.05, 0) is 41.9 Å². The Kier molecular flexibility index (Phi) is 3.22. The van der Waals surface area contributed by atoms with E-state index in [2.05, 4.69) is 31.4 Å². The Morgan fingerprint density at radius 3 is 2.83 bits per heavy atom. The van der Waals surface area contributed by atoms with Gasteiger partial charge in [0.2, 0.25) is 0 Å². The minimum absolute atomic E-state index is 0.741. The first kappa shape index (κ1) is 9.19. The summed E-state index contributed by atoms with van der Waals surface area (Å²) in [6.07, 6.45) is 0. The molecular weight excluding hydrogens is 218 g/mol. The molecule has 0 atom stereocenters. The summed E-state index contributed by atoms with van der Waals surface area (Å²) in [5, 5.41) is 4.02. The van der Waals surface area contributed by atoms with Crippen LogP contribution in [0.1, 0.15) is 13.8 Å². The largest absolute Gasteiger partial charge is 0.261 e. The Morgan fingerprint density at radius 2 is 2.25 bits per heavy atom. The number of nitrogens with zero attached hydrogens (tertiary/aromatic N) is 2. The minimum atomic E-state index is 0.741. The van der Waals surface area contributed by atoms with Crippen molar-refractivity contribution < 1.29 is 0 Å². The number of halogens is 1. The molecule has 1 aromatic heterocycles. The molecule has 0 unspecified atom stereocenters. The summed E-state index contributed by atoms with van der Waals surface area (Å²) in [7, 11) is 0. The summed E-state index contributed by atoms with van der Waals surface area (Å²) in [5.74, 6) is 0.741. The molecule has 1 aromatic rings. The van der Waals surface area contributed by atoms with Gasteiger partial charge in [0, 0.05) is 5.71 Å². The van der Waals surface area contributed by atoms with E-state index in [1.54, 1.807) is 0 Å². The molecule has 64 valence electrons. The first-order chi connectivity index (χ1) is 5.68. The summed E-state index contributed by atoms with van der Waals surface area (Å²) in [6, 6.07) is 5.63. The van der Waals surface area contributed by atoms with Gasteiger partial charge < -0.3 is 0 Å². The van der Waals surface area contributed by atoms with E-state index in [4.69, 9.17) is 0 Å². The van der Waals surface area contributed by atoms with Crippen LogP contribution in [0.15, 0.2) is 27.9 Å². The predicted molar refractivity (Wildman–Crippen MR) is 54.3 cm³/mol. The second kappa shape index (κ2) is 4.21. The lowest BCUT2D eigenvalue weighted by atomic mass is 10.5. The third-order valence-corrected chi connectivity index (χ3v) is 1.55. The van der Waals surface area contributed by atoms with Crippen LogP contribution in [0, 0.1) is 0 Å². The Labute approximate surface area is 80.0 Å². The van der Waals surface area contributed by atoms with Crippen molar-refractivity contribution in [3.63, 3.8) is 0 Å². The standard InChI is InChI=1S/C8H10BrN3/c1-6(2)11-12-8-5-3-4-7(9)10-8/h3-5H,1-2H3,(H,10,12). The average molecular weight is 228 g/mol. The normalized spacial score (nSPS) is 9.25. The zero-order chi connectivity index (χ0) is 8.97. The van der Waals surface area contributed by atoms with Crippen LogP contribution >= 0.6 is 15.9 Å². The number of pyridine rings is 1. The van der Waals surface area contributed by atoms with Crippen molar-refractivity contribution in [2.24, 2.45) is 5.10 Å². The van der Waals surface area contributed by atoms with E-state index in [1.807, 2.05) is 32.0 Å². The second-order valence-electron chi connectivity index (χ2n) is 2.52. The first-order valence-corrected chi connectivity index (χ1v) is 4.37. The van der Waals surface area contributed by atoms with Gasteiger partial charge in [0.1, 0.15) is 10.4 Å². The van der Waals surface area contributed by atoms with E-state index in [0.717, 1.165) is 16.1 Å². The lowest BCUT2D eigenvalue weighted by molar-refractivity contribution is 1.19. The number of hydrogen-bond acceptors (Lipinski definition) is 3. The highest BCUT2D eigenvalue weighted by molar-refractivity contribution is 9.10. The highest BCUT2D eigenvalue weighted by Gasteiger charge is 1.91. The van der Waals surface area contributed by atoms with Gasteiger partial charge >= 0.3 is 0 Å². The Hall–Kier alpha value is -0.900. The fourth-order valence-corrected chi connectivity index (χ4v) is 0.983. The van der Waals surface area contributed by atoms with Crippen LogP contribution in [-0.4, -0.2) is 10.7 Å². The van der Waals surface area contributed by atoms with E-state index in [0.29, 0.717) is 0 Å². The molecule has 0 radical (unpaired) electrons. The number of anilines is 1. The number of aromatic nitrogens is 1. The number of hydrazone groups is 1. The van der Waals surface area contributed by atoms with E-state index >= 15 is 0 Å². The Balaban J connectivity index is 2.70.